The molecule has 1 fully saturated rings. The summed E-state index contributed by atoms with van der Waals surface area (Å²) in [7, 11) is 1.23. The molecule has 7 nitrogen and oxygen atoms in total. The molecule has 2 rings (SSSR count). The van der Waals surface area contributed by atoms with E-state index in [1.54, 1.807) is 0 Å². The number of esters is 1. The molecular weight excluding hydrogens is 252 g/mol. The number of hydrogen-bond acceptors (Lipinski definition) is 5. The largest absolute Gasteiger partial charge is 0.467 e. The molecule has 0 saturated carbocycles. The Morgan fingerprint density at radius 2 is 2.26 bits per heavy atom. The SMILES string of the molecule is COC(=O)C1CC(O)CN1C(=O)c1cc[nH]c(=O)c1. The Kier molecular flexibility index (Phi) is 3.66. The molecule has 1 amide bonds. The van der Waals surface area contributed by atoms with Crippen LogP contribution in [0, 0.1) is 0 Å². The normalized spacial score (nSPS) is 22.3. The number of H-pyrrole nitrogens is 1. The van der Waals surface area contributed by atoms with E-state index in [0.29, 0.717) is 0 Å². The Labute approximate surface area is 108 Å². The van der Waals surface area contributed by atoms with Gasteiger partial charge in [0, 0.05) is 30.8 Å². The first-order chi connectivity index (χ1) is 9.02. The number of aliphatic hydroxyl groups is 1. The predicted octanol–water partition coefficient (Wildman–Crippen LogP) is -0.877. The van der Waals surface area contributed by atoms with Crippen molar-refractivity contribution in [3.05, 3.63) is 34.2 Å². The third-order valence-corrected chi connectivity index (χ3v) is 3.04. The number of aliphatic hydroxyl groups excluding tert-OH is 1. The van der Waals surface area contributed by atoms with Crippen LogP contribution >= 0.6 is 0 Å². The molecule has 19 heavy (non-hydrogen) atoms. The van der Waals surface area contributed by atoms with Crippen LogP contribution in [0.1, 0.15) is 16.8 Å². The molecule has 1 saturated heterocycles. The Morgan fingerprint density at radius 3 is 2.89 bits per heavy atom. The van der Waals surface area contributed by atoms with Crippen LogP contribution in [0.15, 0.2) is 23.1 Å². The summed E-state index contributed by atoms with van der Waals surface area (Å²) in [6.07, 6.45) is 0.728. The zero-order chi connectivity index (χ0) is 14.0. The van der Waals surface area contributed by atoms with Gasteiger partial charge in [0.05, 0.1) is 13.2 Å². The number of amides is 1. The molecule has 7 heteroatoms. The van der Waals surface area contributed by atoms with Crippen LogP contribution in [-0.4, -0.2) is 52.7 Å². The number of pyridine rings is 1. The number of methoxy groups -OCH3 is 1. The number of β-amino-alcohol motifs (C(OH)–C–C–N with tert-alkyl or cyclic N) is 1. The van der Waals surface area contributed by atoms with Crippen molar-refractivity contribution in [1.82, 2.24) is 9.88 Å². The Balaban J connectivity index is 2.26. The lowest BCUT2D eigenvalue weighted by Crippen LogP contribution is -2.41. The van der Waals surface area contributed by atoms with Gasteiger partial charge in [-0.2, -0.15) is 0 Å². The molecule has 0 aromatic carbocycles. The van der Waals surface area contributed by atoms with Crippen LogP contribution < -0.4 is 5.56 Å². The molecule has 2 unspecified atom stereocenters. The van der Waals surface area contributed by atoms with E-state index >= 15 is 0 Å². The highest BCUT2D eigenvalue weighted by molar-refractivity contribution is 5.97. The lowest BCUT2D eigenvalue weighted by molar-refractivity contribution is -0.145. The number of rotatable bonds is 2. The van der Waals surface area contributed by atoms with E-state index < -0.39 is 29.6 Å². The van der Waals surface area contributed by atoms with Crippen molar-refractivity contribution in [3.8, 4) is 0 Å². The van der Waals surface area contributed by atoms with E-state index in [0.717, 1.165) is 6.07 Å². The number of carbonyl (C=O) groups excluding carboxylic acids is 2. The molecule has 102 valence electrons. The monoisotopic (exact) mass is 266 g/mol. The fourth-order valence-corrected chi connectivity index (χ4v) is 2.14. The minimum atomic E-state index is -0.813. The first-order valence-electron chi connectivity index (χ1n) is 5.78. The third kappa shape index (κ3) is 2.65. The lowest BCUT2D eigenvalue weighted by atomic mass is 10.2. The van der Waals surface area contributed by atoms with Crippen LogP contribution in [0.25, 0.3) is 0 Å². The molecule has 0 spiro atoms. The molecule has 1 aromatic rings. The van der Waals surface area contributed by atoms with Crippen LogP contribution in [-0.2, 0) is 9.53 Å². The number of likely N-dealkylation sites (tertiary alicyclic amines) is 1. The van der Waals surface area contributed by atoms with Crippen LogP contribution in [0.2, 0.25) is 0 Å². The van der Waals surface area contributed by atoms with Gasteiger partial charge in [0.1, 0.15) is 6.04 Å². The molecule has 1 aromatic heterocycles. The lowest BCUT2D eigenvalue weighted by Gasteiger charge is -2.22. The maximum atomic E-state index is 12.2. The average molecular weight is 266 g/mol. The molecule has 1 aliphatic heterocycles. The fourth-order valence-electron chi connectivity index (χ4n) is 2.14. The van der Waals surface area contributed by atoms with Gasteiger partial charge in [-0.05, 0) is 6.07 Å². The molecule has 2 heterocycles. The van der Waals surface area contributed by atoms with E-state index in [-0.39, 0.29) is 18.5 Å². The predicted molar refractivity (Wildman–Crippen MR) is 64.5 cm³/mol. The molecule has 2 atom stereocenters. The maximum Gasteiger partial charge on any atom is 0.328 e. The molecular formula is C12H14N2O5. The highest BCUT2D eigenvalue weighted by Gasteiger charge is 2.39. The topological polar surface area (TPSA) is 99.7 Å². The van der Waals surface area contributed by atoms with E-state index in [2.05, 4.69) is 9.72 Å². The van der Waals surface area contributed by atoms with Gasteiger partial charge in [0.15, 0.2) is 0 Å². The number of nitrogens with one attached hydrogen (secondary N) is 1. The maximum absolute atomic E-state index is 12.2. The Hall–Kier alpha value is -2.15. The van der Waals surface area contributed by atoms with Gasteiger partial charge in [-0.25, -0.2) is 4.79 Å². The van der Waals surface area contributed by atoms with Crippen LogP contribution in [0.3, 0.4) is 0 Å². The van der Waals surface area contributed by atoms with E-state index in [1.165, 1.54) is 24.3 Å². The number of aromatic nitrogens is 1. The second-order valence-electron chi connectivity index (χ2n) is 4.33. The zero-order valence-corrected chi connectivity index (χ0v) is 10.3. The number of carbonyl (C=O) groups is 2. The highest BCUT2D eigenvalue weighted by atomic mass is 16.5. The second kappa shape index (κ2) is 5.23. The van der Waals surface area contributed by atoms with Crippen molar-refractivity contribution in [1.29, 1.82) is 0 Å². The Morgan fingerprint density at radius 1 is 1.53 bits per heavy atom. The molecule has 2 N–H and O–H groups in total. The first-order valence-corrected chi connectivity index (χ1v) is 5.78. The molecule has 0 bridgehead atoms. The minimum Gasteiger partial charge on any atom is -0.467 e. The van der Waals surface area contributed by atoms with Crippen molar-refractivity contribution in [3.63, 3.8) is 0 Å². The first kappa shape index (κ1) is 13.3. The van der Waals surface area contributed by atoms with Crippen molar-refractivity contribution in [2.45, 2.75) is 18.6 Å². The quantitative estimate of drug-likeness (QED) is 0.677. The van der Waals surface area contributed by atoms with Crippen molar-refractivity contribution in [2.75, 3.05) is 13.7 Å². The average Bonchev–Trinajstić information content (AvgIpc) is 2.79. The Bertz CT molecular complexity index is 553. The summed E-state index contributed by atoms with van der Waals surface area (Å²) in [4.78, 5) is 38.6. The standard InChI is InChI=1S/C12H14N2O5/c1-19-12(18)9-5-8(15)6-14(9)11(17)7-2-3-13-10(16)4-7/h2-4,8-9,15H,5-6H2,1H3,(H,13,16). The summed E-state index contributed by atoms with van der Waals surface area (Å²) in [5, 5.41) is 9.60. The van der Waals surface area contributed by atoms with E-state index in [9.17, 15) is 19.5 Å². The molecule has 1 aliphatic rings. The molecule has 0 radical (unpaired) electrons. The van der Waals surface area contributed by atoms with Gasteiger partial charge in [-0.15, -0.1) is 0 Å². The summed E-state index contributed by atoms with van der Waals surface area (Å²) in [5.41, 5.74) is -0.230. The summed E-state index contributed by atoms with van der Waals surface area (Å²) < 4.78 is 4.61. The minimum absolute atomic E-state index is 0.0470. The molecule has 0 aliphatic carbocycles. The third-order valence-electron chi connectivity index (χ3n) is 3.04. The van der Waals surface area contributed by atoms with Crippen molar-refractivity contribution < 1.29 is 19.4 Å². The fraction of sp³-hybridized carbons (Fsp3) is 0.417. The van der Waals surface area contributed by atoms with E-state index in [1.807, 2.05) is 0 Å². The van der Waals surface area contributed by atoms with Gasteiger partial charge in [0.2, 0.25) is 5.56 Å². The van der Waals surface area contributed by atoms with Gasteiger partial charge in [-0.1, -0.05) is 0 Å². The second-order valence-corrected chi connectivity index (χ2v) is 4.33. The van der Waals surface area contributed by atoms with Crippen LogP contribution in [0.4, 0.5) is 0 Å². The van der Waals surface area contributed by atoms with Gasteiger partial charge >= 0.3 is 5.97 Å². The van der Waals surface area contributed by atoms with Crippen LogP contribution in [0.5, 0.6) is 0 Å². The summed E-state index contributed by atoms with van der Waals surface area (Å²) >= 11 is 0. The van der Waals surface area contributed by atoms with Gasteiger partial charge in [-0.3, -0.25) is 9.59 Å². The highest BCUT2D eigenvalue weighted by Crippen LogP contribution is 2.21. The van der Waals surface area contributed by atoms with E-state index in [4.69, 9.17) is 0 Å². The number of nitrogens with zero attached hydrogens (tertiary/aromatic N) is 1. The number of hydrogen-bond donors (Lipinski definition) is 2. The number of aromatic amines is 1. The van der Waals surface area contributed by atoms with Crippen molar-refractivity contribution in [2.24, 2.45) is 0 Å². The van der Waals surface area contributed by atoms with Gasteiger partial charge < -0.3 is 19.7 Å². The smallest absolute Gasteiger partial charge is 0.328 e. The van der Waals surface area contributed by atoms with Gasteiger partial charge in [0.25, 0.3) is 5.91 Å². The summed E-state index contributed by atoms with van der Waals surface area (Å²) in [6.45, 7) is 0.0470. The zero-order valence-electron chi connectivity index (χ0n) is 10.3. The number of ether oxygens (including phenoxy) is 1. The summed E-state index contributed by atoms with van der Waals surface area (Å²) in [6, 6.07) is 1.79. The van der Waals surface area contributed by atoms with Crippen molar-refractivity contribution >= 4 is 11.9 Å². The summed E-state index contributed by atoms with van der Waals surface area (Å²) in [5.74, 6) is -1.05.